The highest BCUT2D eigenvalue weighted by Crippen LogP contribution is 2.30. The third kappa shape index (κ3) is 2.36. The number of nitrogens with zero attached hydrogens (tertiary/aromatic N) is 2. The van der Waals surface area contributed by atoms with Crippen molar-refractivity contribution in [1.29, 1.82) is 0 Å². The number of aromatic nitrogens is 2. The lowest BCUT2D eigenvalue weighted by atomic mass is 9.90. The van der Waals surface area contributed by atoms with Gasteiger partial charge in [0, 0.05) is 23.7 Å². The minimum absolute atomic E-state index is 0.216. The molecule has 2 heterocycles. The topological polar surface area (TPSA) is 29.9 Å². The second kappa shape index (κ2) is 5.37. The molecule has 0 bridgehead atoms. The minimum Gasteiger partial charge on any atom is -0.316 e. The summed E-state index contributed by atoms with van der Waals surface area (Å²) < 4.78 is 15.0. The van der Waals surface area contributed by atoms with Crippen molar-refractivity contribution in [2.45, 2.75) is 32.6 Å². The number of rotatable bonds is 2. The Hall–Kier alpha value is -1.68. The summed E-state index contributed by atoms with van der Waals surface area (Å²) >= 11 is 0. The molecule has 1 fully saturated rings. The Morgan fingerprint density at radius 3 is 2.65 bits per heavy atom. The maximum atomic E-state index is 13.0. The fraction of sp³-hybridized carbons (Fsp3) is 0.438. The Morgan fingerprint density at radius 1 is 1.25 bits per heavy atom. The number of halogens is 1. The van der Waals surface area contributed by atoms with Crippen LogP contribution >= 0.6 is 0 Å². The van der Waals surface area contributed by atoms with Crippen LogP contribution in [0.2, 0.25) is 0 Å². The van der Waals surface area contributed by atoms with Crippen molar-refractivity contribution >= 4 is 0 Å². The number of hydrogen-bond donors (Lipinski definition) is 1. The van der Waals surface area contributed by atoms with Gasteiger partial charge in [0.15, 0.2) is 0 Å². The maximum Gasteiger partial charge on any atom is 0.123 e. The first kappa shape index (κ1) is 13.3. The van der Waals surface area contributed by atoms with Crippen LogP contribution < -0.4 is 5.32 Å². The Labute approximate surface area is 118 Å². The molecule has 1 unspecified atom stereocenters. The molecule has 0 amide bonds. The SMILES string of the molecule is Cc1nn(-c2ccc(F)cc2)c(C)c1C1CCCNC1. The number of piperidine rings is 1. The van der Waals surface area contributed by atoms with Crippen LogP contribution in [0.25, 0.3) is 5.69 Å². The summed E-state index contributed by atoms with van der Waals surface area (Å²) in [5.41, 5.74) is 4.52. The van der Waals surface area contributed by atoms with Crippen molar-refractivity contribution in [3.63, 3.8) is 0 Å². The monoisotopic (exact) mass is 273 g/mol. The van der Waals surface area contributed by atoms with Gasteiger partial charge in [-0.2, -0.15) is 5.10 Å². The van der Waals surface area contributed by atoms with Crippen molar-refractivity contribution in [2.24, 2.45) is 0 Å². The Morgan fingerprint density at radius 2 is 2.00 bits per heavy atom. The Bertz CT molecular complexity index is 595. The standard InChI is InChI=1S/C16H20FN3/c1-11-16(13-4-3-9-18-10-13)12(2)20(19-11)15-7-5-14(17)6-8-15/h5-8,13,18H,3-4,9-10H2,1-2H3. The van der Waals surface area contributed by atoms with Crippen molar-refractivity contribution in [3.05, 3.63) is 47.0 Å². The van der Waals surface area contributed by atoms with E-state index < -0.39 is 0 Å². The highest BCUT2D eigenvalue weighted by atomic mass is 19.1. The van der Waals surface area contributed by atoms with E-state index >= 15 is 0 Å². The normalized spacial score (nSPS) is 19.2. The van der Waals surface area contributed by atoms with Crippen molar-refractivity contribution < 1.29 is 4.39 Å². The summed E-state index contributed by atoms with van der Waals surface area (Å²) in [6.45, 7) is 6.31. The lowest BCUT2D eigenvalue weighted by molar-refractivity contribution is 0.459. The van der Waals surface area contributed by atoms with E-state index in [2.05, 4.69) is 24.3 Å². The Balaban J connectivity index is 1.99. The molecular formula is C16H20FN3. The minimum atomic E-state index is -0.216. The molecule has 0 aliphatic carbocycles. The number of benzene rings is 1. The second-order valence-corrected chi connectivity index (χ2v) is 5.52. The fourth-order valence-corrected chi connectivity index (χ4v) is 3.18. The first-order chi connectivity index (χ1) is 9.66. The summed E-state index contributed by atoms with van der Waals surface area (Å²) in [6.07, 6.45) is 2.43. The van der Waals surface area contributed by atoms with Crippen LogP contribution in [-0.2, 0) is 0 Å². The van der Waals surface area contributed by atoms with Gasteiger partial charge in [-0.1, -0.05) is 0 Å². The van der Waals surface area contributed by atoms with E-state index in [1.807, 2.05) is 4.68 Å². The lowest BCUT2D eigenvalue weighted by Gasteiger charge is -2.23. The first-order valence-corrected chi connectivity index (χ1v) is 7.19. The average Bonchev–Trinajstić information content (AvgIpc) is 2.76. The first-order valence-electron chi connectivity index (χ1n) is 7.19. The van der Waals surface area contributed by atoms with Crippen molar-refractivity contribution in [1.82, 2.24) is 15.1 Å². The molecule has 1 aromatic carbocycles. The number of aryl methyl sites for hydroxylation is 1. The largest absolute Gasteiger partial charge is 0.316 e. The van der Waals surface area contributed by atoms with E-state index in [0.717, 1.165) is 24.5 Å². The zero-order chi connectivity index (χ0) is 14.1. The summed E-state index contributed by atoms with van der Waals surface area (Å²) in [4.78, 5) is 0. The zero-order valence-corrected chi connectivity index (χ0v) is 12.0. The number of hydrogen-bond acceptors (Lipinski definition) is 2. The molecule has 20 heavy (non-hydrogen) atoms. The predicted molar refractivity (Wildman–Crippen MR) is 77.8 cm³/mol. The molecule has 0 saturated carbocycles. The summed E-state index contributed by atoms with van der Waals surface area (Å²) in [5.74, 6) is 0.324. The van der Waals surface area contributed by atoms with E-state index in [1.54, 1.807) is 12.1 Å². The van der Waals surface area contributed by atoms with Crippen LogP contribution in [0.1, 0.15) is 35.7 Å². The van der Waals surface area contributed by atoms with E-state index in [4.69, 9.17) is 0 Å². The molecule has 2 aromatic rings. The van der Waals surface area contributed by atoms with Crippen LogP contribution in [0.3, 0.4) is 0 Å². The zero-order valence-electron chi connectivity index (χ0n) is 12.0. The van der Waals surface area contributed by atoms with Gasteiger partial charge >= 0.3 is 0 Å². The lowest BCUT2D eigenvalue weighted by Crippen LogP contribution is -2.28. The highest BCUT2D eigenvalue weighted by Gasteiger charge is 2.23. The van der Waals surface area contributed by atoms with Crippen LogP contribution in [0.5, 0.6) is 0 Å². The molecule has 0 spiro atoms. The second-order valence-electron chi connectivity index (χ2n) is 5.52. The quantitative estimate of drug-likeness (QED) is 0.911. The van der Waals surface area contributed by atoms with E-state index in [9.17, 15) is 4.39 Å². The number of nitrogens with one attached hydrogen (secondary N) is 1. The smallest absolute Gasteiger partial charge is 0.123 e. The molecule has 0 radical (unpaired) electrons. The van der Waals surface area contributed by atoms with E-state index in [-0.39, 0.29) is 5.82 Å². The van der Waals surface area contributed by atoms with Gasteiger partial charge in [0.1, 0.15) is 5.82 Å². The van der Waals surface area contributed by atoms with Crippen LogP contribution in [0.4, 0.5) is 4.39 Å². The van der Waals surface area contributed by atoms with Gasteiger partial charge in [0.2, 0.25) is 0 Å². The molecule has 1 saturated heterocycles. The van der Waals surface area contributed by atoms with E-state index in [0.29, 0.717) is 5.92 Å². The molecule has 3 nitrogen and oxygen atoms in total. The molecule has 1 atom stereocenters. The summed E-state index contributed by atoms with van der Waals surface area (Å²) in [5, 5.41) is 8.11. The fourth-order valence-electron chi connectivity index (χ4n) is 3.18. The molecular weight excluding hydrogens is 253 g/mol. The molecule has 106 valence electrons. The van der Waals surface area contributed by atoms with Gasteiger partial charge < -0.3 is 5.32 Å². The van der Waals surface area contributed by atoms with Crippen molar-refractivity contribution in [2.75, 3.05) is 13.1 Å². The molecule has 4 heteroatoms. The van der Waals surface area contributed by atoms with E-state index in [1.165, 1.54) is 36.2 Å². The third-order valence-electron chi connectivity index (χ3n) is 4.12. The molecule has 3 rings (SSSR count). The van der Waals surface area contributed by atoms with Gasteiger partial charge in [-0.25, -0.2) is 9.07 Å². The van der Waals surface area contributed by atoms with Gasteiger partial charge in [-0.05, 0) is 57.5 Å². The summed E-state index contributed by atoms with van der Waals surface area (Å²) in [6, 6.07) is 6.51. The van der Waals surface area contributed by atoms with Crippen LogP contribution in [-0.4, -0.2) is 22.9 Å². The predicted octanol–water partition coefficient (Wildman–Crippen LogP) is 3.10. The van der Waals surface area contributed by atoms with Gasteiger partial charge in [0.05, 0.1) is 11.4 Å². The molecule has 1 aliphatic heterocycles. The maximum absolute atomic E-state index is 13.0. The van der Waals surface area contributed by atoms with Crippen molar-refractivity contribution in [3.8, 4) is 5.69 Å². The Kier molecular flexibility index (Phi) is 3.57. The van der Waals surface area contributed by atoms with Crippen LogP contribution in [0, 0.1) is 19.7 Å². The van der Waals surface area contributed by atoms with Crippen LogP contribution in [0.15, 0.2) is 24.3 Å². The molecule has 1 N–H and O–H groups in total. The van der Waals surface area contributed by atoms with Gasteiger partial charge in [-0.15, -0.1) is 0 Å². The van der Waals surface area contributed by atoms with Gasteiger partial charge in [0.25, 0.3) is 0 Å². The molecule has 1 aromatic heterocycles. The third-order valence-corrected chi connectivity index (χ3v) is 4.12. The average molecular weight is 273 g/mol. The summed E-state index contributed by atoms with van der Waals surface area (Å²) in [7, 11) is 0. The molecule has 1 aliphatic rings. The highest BCUT2D eigenvalue weighted by molar-refractivity contribution is 5.39. The van der Waals surface area contributed by atoms with Gasteiger partial charge in [-0.3, -0.25) is 0 Å².